The molecule has 0 aliphatic rings. The Morgan fingerprint density at radius 1 is 1.29 bits per heavy atom. The molecule has 0 atom stereocenters. The second-order valence-corrected chi connectivity index (χ2v) is 6.96. The van der Waals surface area contributed by atoms with Crippen LogP contribution in [-0.4, -0.2) is 21.1 Å². The molecule has 5 nitrogen and oxygen atoms in total. The van der Waals surface area contributed by atoms with Crippen LogP contribution in [0.25, 0.3) is 0 Å². The van der Waals surface area contributed by atoms with Gasteiger partial charge < -0.3 is 4.42 Å². The van der Waals surface area contributed by atoms with Crippen LogP contribution >= 0.6 is 39.3 Å². The molecule has 0 aliphatic heterocycles. The fourth-order valence-electron chi connectivity index (χ4n) is 1.99. The summed E-state index contributed by atoms with van der Waals surface area (Å²) in [6.45, 7) is 2.02. The molecule has 3 rings (SSSR count). The minimum absolute atomic E-state index is 0.652. The number of furan rings is 1. The van der Waals surface area contributed by atoms with Gasteiger partial charge in [0.05, 0.1) is 6.21 Å². The number of hydrogen-bond donors (Lipinski definition) is 0. The van der Waals surface area contributed by atoms with Crippen molar-refractivity contribution in [3.8, 4) is 0 Å². The number of nitrogens with zero attached hydrogens (tertiary/aromatic N) is 4. The van der Waals surface area contributed by atoms with Crippen LogP contribution in [0.3, 0.4) is 0 Å². The highest BCUT2D eigenvalue weighted by Crippen LogP contribution is 2.26. The van der Waals surface area contributed by atoms with E-state index < -0.39 is 0 Å². The van der Waals surface area contributed by atoms with Gasteiger partial charge in [0.25, 0.3) is 0 Å². The third kappa shape index (κ3) is 4.09. The van der Waals surface area contributed by atoms with E-state index in [1.54, 1.807) is 22.7 Å². The van der Waals surface area contributed by atoms with Crippen LogP contribution in [0, 0.1) is 0 Å². The van der Waals surface area contributed by atoms with Crippen molar-refractivity contribution in [2.24, 2.45) is 5.10 Å². The minimum atomic E-state index is 0.652. The van der Waals surface area contributed by atoms with E-state index in [1.165, 1.54) is 0 Å². The lowest BCUT2D eigenvalue weighted by Crippen LogP contribution is -1.99. The molecule has 124 valence electrons. The molecule has 0 N–H and O–H groups in total. The minimum Gasteiger partial charge on any atom is -0.448 e. The van der Waals surface area contributed by atoms with Crippen LogP contribution in [0.5, 0.6) is 0 Å². The lowest BCUT2D eigenvalue weighted by molar-refractivity contribution is 0.533. The number of rotatable bonds is 6. The molecule has 0 radical (unpaired) electrons. The molecule has 24 heavy (non-hydrogen) atoms. The summed E-state index contributed by atoms with van der Waals surface area (Å²) < 4.78 is 7.83. The van der Waals surface area contributed by atoms with Crippen molar-refractivity contribution < 1.29 is 4.42 Å². The summed E-state index contributed by atoms with van der Waals surface area (Å²) in [5.74, 6) is 2.14. The number of aromatic nitrogens is 3. The molecule has 0 saturated carbocycles. The van der Waals surface area contributed by atoms with Crippen molar-refractivity contribution in [3.05, 3.63) is 63.2 Å². The molecule has 0 amide bonds. The molecular weight excluding hydrogens is 412 g/mol. The van der Waals surface area contributed by atoms with Crippen molar-refractivity contribution in [2.75, 3.05) is 0 Å². The normalized spacial score (nSPS) is 11.5. The maximum atomic E-state index is 6.20. The van der Waals surface area contributed by atoms with Gasteiger partial charge in [0, 0.05) is 17.2 Å². The summed E-state index contributed by atoms with van der Waals surface area (Å²) in [4.78, 5) is 0. The standard InChI is InChI=1S/C16H14BrClN4OS/c1-2-15-20-21-16(24-10-11-5-3-4-6-13(11)18)22(15)19-9-12-7-8-14(17)23-12/h3-9H,2,10H2,1H3/b19-9+. The molecule has 0 bridgehead atoms. The van der Waals surface area contributed by atoms with Gasteiger partial charge in [-0.15, -0.1) is 10.2 Å². The second kappa shape index (κ2) is 8.00. The maximum absolute atomic E-state index is 6.20. The number of hydrogen-bond acceptors (Lipinski definition) is 5. The molecule has 8 heteroatoms. The van der Waals surface area contributed by atoms with Crippen LogP contribution in [0.2, 0.25) is 5.02 Å². The third-order valence-corrected chi connectivity index (χ3v) is 4.96. The zero-order chi connectivity index (χ0) is 16.9. The number of thioether (sulfide) groups is 1. The fraction of sp³-hybridized carbons (Fsp3) is 0.188. The SMILES string of the molecule is CCc1nnc(SCc2ccccc2Cl)n1/N=C/c1ccc(Br)o1. The average Bonchev–Trinajstić information content (AvgIpc) is 3.17. The number of halogens is 2. The first-order valence-electron chi connectivity index (χ1n) is 7.27. The highest BCUT2D eigenvalue weighted by atomic mass is 79.9. The van der Waals surface area contributed by atoms with Crippen molar-refractivity contribution in [2.45, 2.75) is 24.3 Å². The molecule has 0 spiro atoms. The van der Waals surface area contributed by atoms with Crippen LogP contribution in [0.4, 0.5) is 0 Å². The van der Waals surface area contributed by atoms with Gasteiger partial charge in [-0.2, -0.15) is 9.78 Å². The van der Waals surface area contributed by atoms with Crippen LogP contribution < -0.4 is 0 Å². The van der Waals surface area contributed by atoms with Gasteiger partial charge in [0.1, 0.15) is 5.76 Å². The summed E-state index contributed by atoms with van der Waals surface area (Å²) in [5, 5.41) is 14.3. The van der Waals surface area contributed by atoms with E-state index in [1.807, 2.05) is 43.3 Å². The second-order valence-electron chi connectivity index (χ2n) is 4.83. The van der Waals surface area contributed by atoms with Crippen LogP contribution in [-0.2, 0) is 12.2 Å². The first-order valence-corrected chi connectivity index (χ1v) is 9.43. The molecule has 2 aromatic heterocycles. The monoisotopic (exact) mass is 424 g/mol. The highest BCUT2D eigenvalue weighted by molar-refractivity contribution is 9.10. The maximum Gasteiger partial charge on any atom is 0.212 e. The Bertz CT molecular complexity index is 861. The smallest absolute Gasteiger partial charge is 0.212 e. The first-order chi connectivity index (χ1) is 11.7. The van der Waals surface area contributed by atoms with Crippen molar-refractivity contribution >= 4 is 45.5 Å². The molecular formula is C16H14BrClN4OS. The topological polar surface area (TPSA) is 56.2 Å². The first kappa shape index (κ1) is 17.3. The predicted molar refractivity (Wildman–Crippen MR) is 99.8 cm³/mol. The van der Waals surface area contributed by atoms with E-state index in [4.69, 9.17) is 16.0 Å². The summed E-state index contributed by atoms with van der Waals surface area (Å²) in [7, 11) is 0. The largest absolute Gasteiger partial charge is 0.448 e. The van der Waals surface area contributed by atoms with Gasteiger partial charge in [-0.3, -0.25) is 0 Å². The van der Waals surface area contributed by atoms with Gasteiger partial charge in [0.2, 0.25) is 5.16 Å². The lowest BCUT2D eigenvalue weighted by Gasteiger charge is -2.04. The molecule has 3 aromatic rings. The van der Waals surface area contributed by atoms with Gasteiger partial charge in [0.15, 0.2) is 10.5 Å². The average molecular weight is 426 g/mol. The fourth-order valence-corrected chi connectivity index (χ4v) is 3.50. The number of aryl methyl sites for hydroxylation is 1. The van der Waals surface area contributed by atoms with Gasteiger partial charge in [-0.1, -0.05) is 48.5 Å². The summed E-state index contributed by atoms with van der Waals surface area (Å²) in [5.41, 5.74) is 1.05. The van der Waals surface area contributed by atoms with E-state index in [0.717, 1.165) is 22.8 Å². The van der Waals surface area contributed by atoms with Crippen molar-refractivity contribution in [3.63, 3.8) is 0 Å². The quantitative estimate of drug-likeness (QED) is 0.411. The molecule has 0 unspecified atom stereocenters. The number of benzene rings is 1. The molecule has 0 saturated heterocycles. The lowest BCUT2D eigenvalue weighted by atomic mass is 10.2. The Hall–Kier alpha value is -1.57. The van der Waals surface area contributed by atoms with E-state index in [-0.39, 0.29) is 0 Å². The van der Waals surface area contributed by atoms with Crippen LogP contribution in [0.1, 0.15) is 24.1 Å². The van der Waals surface area contributed by atoms with E-state index >= 15 is 0 Å². The summed E-state index contributed by atoms with van der Waals surface area (Å²) in [6, 6.07) is 11.4. The van der Waals surface area contributed by atoms with Gasteiger partial charge in [-0.05, 0) is 39.7 Å². The Morgan fingerprint density at radius 3 is 2.83 bits per heavy atom. The predicted octanol–water partition coefficient (Wildman–Crippen LogP) is 5.02. The highest BCUT2D eigenvalue weighted by Gasteiger charge is 2.11. The molecule has 0 fully saturated rings. The Kier molecular flexibility index (Phi) is 5.76. The van der Waals surface area contributed by atoms with E-state index in [0.29, 0.717) is 21.3 Å². The van der Waals surface area contributed by atoms with Gasteiger partial charge in [-0.25, -0.2) is 0 Å². The summed E-state index contributed by atoms with van der Waals surface area (Å²) in [6.07, 6.45) is 2.38. The van der Waals surface area contributed by atoms with Crippen LogP contribution in [0.15, 0.2) is 55.7 Å². The van der Waals surface area contributed by atoms with Crippen molar-refractivity contribution in [1.82, 2.24) is 14.9 Å². The molecule has 2 heterocycles. The van der Waals surface area contributed by atoms with Gasteiger partial charge >= 0.3 is 0 Å². The van der Waals surface area contributed by atoms with E-state index in [2.05, 4.69) is 31.2 Å². The van der Waals surface area contributed by atoms with Crippen molar-refractivity contribution in [1.29, 1.82) is 0 Å². The molecule has 0 aliphatic carbocycles. The Labute approximate surface area is 157 Å². The molecule has 1 aromatic carbocycles. The summed E-state index contributed by atoms with van der Waals surface area (Å²) >= 11 is 11.0. The zero-order valence-electron chi connectivity index (χ0n) is 12.8. The Morgan fingerprint density at radius 2 is 2.12 bits per heavy atom. The third-order valence-electron chi connectivity index (χ3n) is 3.20. The van der Waals surface area contributed by atoms with E-state index in [9.17, 15) is 0 Å². The zero-order valence-corrected chi connectivity index (χ0v) is 16.0. The Balaban J connectivity index is 1.80.